The van der Waals surface area contributed by atoms with Crippen molar-refractivity contribution in [3.05, 3.63) is 57.6 Å². The first-order valence-corrected chi connectivity index (χ1v) is 11.8. The van der Waals surface area contributed by atoms with Gasteiger partial charge in [-0.2, -0.15) is 0 Å². The summed E-state index contributed by atoms with van der Waals surface area (Å²) >= 11 is 0. The first kappa shape index (κ1) is 21.7. The van der Waals surface area contributed by atoms with Gasteiger partial charge in [-0.05, 0) is 43.5 Å². The van der Waals surface area contributed by atoms with Crippen LogP contribution in [-0.4, -0.2) is 47.2 Å². The smallest absolute Gasteiger partial charge is 0.271 e. The number of ether oxygens (including phenoxy) is 1. The first-order valence-electron chi connectivity index (χ1n) is 11.8. The molecule has 2 aromatic carbocycles. The van der Waals surface area contributed by atoms with E-state index in [1.165, 1.54) is 25.3 Å². The number of hydrogen-bond donors (Lipinski definition) is 1. The lowest BCUT2D eigenvalue weighted by atomic mass is 9.75. The van der Waals surface area contributed by atoms with E-state index >= 15 is 0 Å². The number of nitro benzene ring substituents is 1. The number of rotatable bonds is 4. The number of non-ortho nitro benzene ring substituents is 1. The summed E-state index contributed by atoms with van der Waals surface area (Å²) in [4.78, 5) is 55.7. The molecule has 10 nitrogen and oxygen atoms in total. The van der Waals surface area contributed by atoms with E-state index in [1.807, 2.05) is 25.1 Å². The molecule has 35 heavy (non-hydrogen) atoms. The van der Waals surface area contributed by atoms with Crippen LogP contribution < -0.4 is 15.0 Å². The van der Waals surface area contributed by atoms with Crippen molar-refractivity contribution in [2.75, 3.05) is 23.9 Å². The van der Waals surface area contributed by atoms with E-state index in [0.717, 1.165) is 28.9 Å². The van der Waals surface area contributed by atoms with Crippen molar-refractivity contribution in [2.45, 2.75) is 37.8 Å². The third kappa shape index (κ3) is 2.60. The molecule has 1 N–H and O–H groups in total. The molecule has 4 aliphatic rings. The summed E-state index contributed by atoms with van der Waals surface area (Å²) in [5.74, 6) is -2.75. The average Bonchev–Trinajstić information content (AvgIpc) is 3.56. The van der Waals surface area contributed by atoms with Gasteiger partial charge in [-0.3, -0.25) is 29.4 Å². The molecule has 4 atom stereocenters. The quantitative estimate of drug-likeness (QED) is 0.409. The van der Waals surface area contributed by atoms with Gasteiger partial charge in [0.25, 0.3) is 5.69 Å². The molecule has 0 bridgehead atoms. The van der Waals surface area contributed by atoms with Crippen LogP contribution in [0.2, 0.25) is 0 Å². The summed E-state index contributed by atoms with van der Waals surface area (Å²) in [7, 11) is 1.38. The van der Waals surface area contributed by atoms with E-state index in [9.17, 15) is 24.5 Å². The highest BCUT2D eigenvalue weighted by Gasteiger charge is 2.74. The van der Waals surface area contributed by atoms with Gasteiger partial charge in [0.1, 0.15) is 17.0 Å². The maximum atomic E-state index is 14.1. The molecule has 0 radical (unpaired) electrons. The van der Waals surface area contributed by atoms with E-state index in [2.05, 4.69) is 10.2 Å². The summed E-state index contributed by atoms with van der Waals surface area (Å²) in [5.41, 5.74) is 0.911. The first-order chi connectivity index (χ1) is 16.8. The second-order valence-corrected chi connectivity index (χ2v) is 9.49. The molecule has 3 fully saturated rings. The molecule has 0 aromatic heterocycles. The predicted molar refractivity (Wildman–Crippen MR) is 125 cm³/mol. The molecule has 3 saturated heterocycles. The Morgan fingerprint density at radius 1 is 1.17 bits per heavy atom. The molecule has 6 rings (SSSR count). The predicted octanol–water partition coefficient (Wildman–Crippen LogP) is 2.60. The SMILES string of the molecule is CCc1ccc2c(c1)[C@@]1(C(=O)N2)[C@@H]2C(=O)N(c3cc([N+](=O)[O-])ccc3OC)C(=O)[C@@H]2[C@@H]2CCCN21. The van der Waals surface area contributed by atoms with Crippen molar-refractivity contribution in [3.63, 3.8) is 0 Å². The lowest BCUT2D eigenvalue weighted by molar-refractivity contribution is -0.384. The Morgan fingerprint density at radius 3 is 2.69 bits per heavy atom. The molecule has 180 valence electrons. The van der Waals surface area contributed by atoms with Crippen LogP contribution in [0.4, 0.5) is 17.1 Å². The van der Waals surface area contributed by atoms with Crippen molar-refractivity contribution >= 4 is 34.8 Å². The molecule has 0 unspecified atom stereocenters. The number of anilines is 2. The molecule has 1 spiro atoms. The van der Waals surface area contributed by atoms with Gasteiger partial charge in [0.2, 0.25) is 17.7 Å². The third-order valence-corrected chi connectivity index (χ3v) is 8.08. The second-order valence-electron chi connectivity index (χ2n) is 9.49. The fourth-order valence-electron chi connectivity index (χ4n) is 6.67. The Bertz CT molecular complexity index is 1330. The third-order valence-electron chi connectivity index (χ3n) is 8.08. The molecule has 4 aliphatic heterocycles. The summed E-state index contributed by atoms with van der Waals surface area (Å²) in [6, 6.07) is 9.35. The minimum Gasteiger partial charge on any atom is -0.495 e. The zero-order valence-corrected chi connectivity index (χ0v) is 19.3. The van der Waals surface area contributed by atoms with Gasteiger partial charge >= 0.3 is 0 Å². The van der Waals surface area contributed by atoms with Crippen LogP contribution in [-0.2, 0) is 26.3 Å². The minimum absolute atomic E-state index is 0.0340. The topological polar surface area (TPSA) is 122 Å². The average molecular weight is 476 g/mol. The van der Waals surface area contributed by atoms with E-state index in [0.29, 0.717) is 18.7 Å². The maximum Gasteiger partial charge on any atom is 0.271 e. The van der Waals surface area contributed by atoms with Crippen molar-refractivity contribution in [2.24, 2.45) is 11.8 Å². The number of nitrogens with one attached hydrogen (secondary N) is 1. The number of nitro groups is 1. The molecular formula is C25H24N4O6. The van der Waals surface area contributed by atoms with E-state index in [4.69, 9.17) is 4.74 Å². The summed E-state index contributed by atoms with van der Waals surface area (Å²) in [5, 5.41) is 14.4. The number of benzene rings is 2. The van der Waals surface area contributed by atoms with E-state index in [1.54, 1.807) is 0 Å². The Morgan fingerprint density at radius 2 is 1.97 bits per heavy atom. The number of nitrogens with zero attached hydrogens (tertiary/aromatic N) is 3. The van der Waals surface area contributed by atoms with Crippen molar-refractivity contribution < 1.29 is 24.0 Å². The molecular weight excluding hydrogens is 452 g/mol. The molecule has 0 saturated carbocycles. The van der Waals surface area contributed by atoms with Gasteiger partial charge in [0.15, 0.2) is 0 Å². The Labute approximate surface area is 201 Å². The van der Waals surface area contributed by atoms with Crippen LogP contribution in [0.15, 0.2) is 36.4 Å². The van der Waals surface area contributed by atoms with Gasteiger partial charge in [-0.15, -0.1) is 0 Å². The monoisotopic (exact) mass is 476 g/mol. The van der Waals surface area contributed by atoms with Crippen LogP contribution in [0, 0.1) is 22.0 Å². The van der Waals surface area contributed by atoms with Crippen LogP contribution in [0.1, 0.15) is 30.9 Å². The largest absolute Gasteiger partial charge is 0.495 e. The van der Waals surface area contributed by atoms with Gasteiger partial charge in [0.05, 0.1) is 23.9 Å². The molecule has 10 heteroatoms. The Kier molecular flexibility index (Phi) is 4.56. The number of amides is 3. The number of methoxy groups -OCH3 is 1. The van der Waals surface area contributed by atoms with Gasteiger partial charge in [-0.1, -0.05) is 19.1 Å². The lowest BCUT2D eigenvalue weighted by Gasteiger charge is -2.36. The number of imide groups is 1. The fraction of sp³-hybridized carbons (Fsp3) is 0.400. The van der Waals surface area contributed by atoms with Crippen LogP contribution >= 0.6 is 0 Å². The molecule has 0 aliphatic carbocycles. The minimum atomic E-state index is -1.29. The van der Waals surface area contributed by atoms with Gasteiger partial charge in [0, 0.05) is 29.4 Å². The normalized spacial score (nSPS) is 28.9. The highest BCUT2D eigenvalue weighted by Crippen LogP contribution is 2.61. The molecule has 2 aromatic rings. The van der Waals surface area contributed by atoms with Gasteiger partial charge < -0.3 is 10.1 Å². The van der Waals surface area contributed by atoms with Gasteiger partial charge in [-0.25, -0.2) is 4.90 Å². The zero-order chi connectivity index (χ0) is 24.6. The van der Waals surface area contributed by atoms with E-state index in [-0.39, 0.29) is 29.1 Å². The number of fused-ring (bicyclic) bond motifs is 7. The number of hydrogen-bond acceptors (Lipinski definition) is 7. The number of carbonyl (C=O) groups excluding carboxylic acids is 3. The standard InChI is InChI=1S/C25H24N4O6/c1-3-13-6-8-16-15(11-13)25(24(32)26-16)21-20(17-5-4-10-27(17)25)22(30)28(23(21)31)18-12-14(29(33)34)7-9-19(18)35-2/h6-9,11-12,17,20-21H,3-5,10H2,1-2H3,(H,26,32)/t17-,20+,21-,25-/m0/s1. The lowest BCUT2D eigenvalue weighted by Crippen LogP contribution is -2.54. The van der Waals surface area contributed by atoms with E-state index < -0.39 is 34.1 Å². The zero-order valence-electron chi connectivity index (χ0n) is 19.3. The van der Waals surface area contributed by atoms with Crippen molar-refractivity contribution in [1.29, 1.82) is 0 Å². The number of aryl methyl sites for hydroxylation is 1. The summed E-state index contributed by atoms with van der Waals surface area (Å²) in [6.45, 7) is 2.64. The molecule has 3 amide bonds. The van der Waals surface area contributed by atoms with Crippen molar-refractivity contribution in [1.82, 2.24) is 4.90 Å². The van der Waals surface area contributed by atoms with Crippen molar-refractivity contribution in [3.8, 4) is 5.75 Å². The summed E-state index contributed by atoms with van der Waals surface area (Å²) < 4.78 is 5.36. The maximum absolute atomic E-state index is 14.1. The molecule has 4 heterocycles. The Hall–Kier alpha value is -3.79. The highest BCUT2D eigenvalue weighted by atomic mass is 16.6. The highest BCUT2D eigenvalue weighted by molar-refractivity contribution is 6.26. The fourth-order valence-corrected chi connectivity index (χ4v) is 6.67. The second kappa shape index (κ2) is 7.35. The van der Waals surface area contributed by atoms with Crippen LogP contribution in [0.5, 0.6) is 5.75 Å². The number of carbonyl (C=O) groups is 3. The summed E-state index contributed by atoms with van der Waals surface area (Å²) in [6.07, 6.45) is 2.27. The Balaban J connectivity index is 1.55. The van der Waals surface area contributed by atoms with Crippen LogP contribution in [0.3, 0.4) is 0 Å². The van der Waals surface area contributed by atoms with Crippen LogP contribution in [0.25, 0.3) is 0 Å².